The summed E-state index contributed by atoms with van der Waals surface area (Å²) in [6, 6.07) is 16.8. The molecule has 0 saturated carbocycles. The van der Waals surface area contributed by atoms with Crippen molar-refractivity contribution in [2.75, 3.05) is 7.11 Å². The largest absolute Gasteiger partial charge is 0.497 e. The molecule has 3 rings (SSSR count). The van der Waals surface area contributed by atoms with Gasteiger partial charge < -0.3 is 9.47 Å². The predicted octanol–water partition coefficient (Wildman–Crippen LogP) is 3.62. The van der Waals surface area contributed by atoms with Crippen LogP contribution < -0.4 is 20.3 Å². The van der Waals surface area contributed by atoms with Crippen LogP contribution >= 0.6 is 0 Å². The van der Waals surface area contributed by atoms with E-state index in [0.717, 1.165) is 11.3 Å². The fraction of sp³-hybridized carbons (Fsp3) is 0.200. The molecule has 0 amide bonds. The zero-order valence-electron chi connectivity index (χ0n) is 13.9. The van der Waals surface area contributed by atoms with Crippen LogP contribution in [0.4, 0.5) is 5.69 Å². The van der Waals surface area contributed by atoms with Gasteiger partial charge in [-0.1, -0.05) is 30.3 Å². The van der Waals surface area contributed by atoms with Gasteiger partial charge in [0.25, 0.3) is 0 Å². The lowest BCUT2D eigenvalue weighted by atomic mass is 9.99. The minimum Gasteiger partial charge on any atom is -0.497 e. The summed E-state index contributed by atoms with van der Waals surface area (Å²) in [5.41, 5.74) is 2.05. The molecule has 0 heterocycles. The summed E-state index contributed by atoms with van der Waals surface area (Å²) in [5.74, 6) is 1.31. The average Bonchev–Trinajstić information content (AvgIpc) is 2.60. The van der Waals surface area contributed by atoms with Crippen molar-refractivity contribution in [1.82, 2.24) is 0 Å². The third kappa shape index (κ3) is 3.08. The highest BCUT2D eigenvalue weighted by Crippen LogP contribution is 2.27. The van der Waals surface area contributed by atoms with Crippen LogP contribution in [0.3, 0.4) is 0 Å². The maximum atomic E-state index is 12.6. The first-order valence-corrected chi connectivity index (χ1v) is 7.84. The summed E-state index contributed by atoms with van der Waals surface area (Å²) in [6.07, 6.45) is -0.0344. The van der Waals surface area contributed by atoms with E-state index < -0.39 is 0 Å². The Labute approximate surface area is 140 Å². The molecule has 3 aromatic carbocycles. The standard InChI is InChI=1S/C20H19NO3/c1-13(2)24-20-17(14-7-5-4-6-8-14)19(22)18(20)21-15-9-11-16(23-3)12-10-15/h4-13H,1-3H3. The van der Waals surface area contributed by atoms with E-state index in [1.165, 1.54) is 0 Å². The van der Waals surface area contributed by atoms with Crippen LogP contribution in [0.15, 0.2) is 64.4 Å². The lowest BCUT2D eigenvalue weighted by Crippen LogP contribution is -2.36. The van der Waals surface area contributed by atoms with Gasteiger partial charge in [-0.25, -0.2) is 4.99 Å². The normalized spacial score (nSPS) is 11.9. The number of methoxy groups -OCH3 is 1. The Balaban J connectivity index is 2.07. The van der Waals surface area contributed by atoms with Gasteiger partial charge in [-0.2, -0.15) is 0 Å². The van der Waals surface area contributed by atoms with Crippen molar-refractivity contribution in [3.05, 3.63) is 70.2 Å². The summed E-state index contributed by atoms with van der Waals surface area (Å²) >= 11 is 0. The molecule has 0 aliphatic carbocycles. The van der Waals surface area contributed by atoms with Crippen molar-refractivity contribution in [3.8, 4) is 22.6 Å². The van der Waals surface area contributed by atoms with Crippen LogP contribution in [0.25, 0.3) is 11.1 Å². The minimum atomic E-state index is -0.0901. The lowest BCUT2D eigenvalue weighted by Gasteiger charge is -2.17. The van der Waals surface area contributed by atoms with Gasteiger partial charge in [0.05, 0.1) is 24.5 Å². The Morgan fingerprint density at radius 1 is 0.958 bits per heavy atom. The number of hydrogen-bond acceptors (Lipinski definition) is 4. The van der Waals surface area contributed by atoms with Crippen LogP contribution in [-0.2, 0) is 0 Å². The summed E-state index contributed by atoms with van der Waals surface area (Å²) in [7, 11) is 1.61. The number of nitrogens with zero attached hydrogens (tertiary/aromatic N) is 1. The smallest absolute Gasteiger partial charge is 0.219 e. The van der Waals surface area contributed by atoms with Gasteiger partial charge in [-0.15, -0.1) is 0 Å². The molecule has 0 aliphatic heterocycles. The second-order valence-corrected chi connectivity index (χ2v) is 5.72. The van der Waals surface area contributed by atoms with Crippen molar-refractivity contribution >= 4 is 5.69 Å². The minimum absolute atomic E-state index is 0.0344. The summed E-state index contributed by atoms with van der Waals surface area (Å²) in [6.45, 7) is 3.87. The van der Waals surface area contributed by atoms with Crippen molar-refractivity contribution in [2.24, 2.45) is 4.99 Å². The molecule has 4 heteroatoms. The first-order valence-electron chi connectivity index (χ1n) is 7.84. The molecule has 0 fully saturated rings. The SMILES string of the molecule is COc1ccc(N=c2c(OC(C)C)c(-c3ccccc3)c2=O)cc1. The molecule has 0 radical (unpaired) electrons. The molecule has 0 unspecified atom stereocenters. The average molecular weight is 321 g/mol. The van der Waals surface area contributed by atoms with E-state index in [-0.39, 0.29) is 11.5 Å². The first kappa shape index (κ1) is 16.0. The molecule has 0 aliphatic rings. The van der Waals surface area contributed by atoms with E-state index >= 15 is 0 Å². The Kier molecular flexibility index (Phi) is 4.47. The van der Waals surface area contributed by atoms with Gasteiger partial charge in [0.15, 0.2) is 11.1 Å². The molecule has 0 bridgehead atoms. The summed E-state index contributed by atoms with van der Waals surface area (Å²) < 4.78 is 11.0. The molecule has 0 spiro atoms. The Bertz CT molecular complexity index is 902. The molecule has 4 nitrogen and oxygen atoms in total. The summed E-state index contributed by atoms with van der Waals surface area (Å²) in [5, 5.41) is 0.368. The number of ether oxygens (including phenoxy) is 2. The molecule has 0 aromatic heterocycles. The van der Waals surface area contributed by atoms with Crippen molar-refractivity contribution in [1.29, 1.82) is 0 Å². The van der Waals surface area contributed by atoms with E-state index in [4.69, 9.17) is 9.47 Å². The first-order chi connectivity index (χ1) is 11.6. The molecular formula is C20H19NO3. The highest BCUT2D eigenvalue weighted by atomic mass is 16.5. The zero-order valence-corrected chi connectivity index (χ0v) is 13.9. The molecule has 0 saturated heterocycles. The van der Waals surface area contributed by atoms with Crippen LogP contribution in [0.1, 0.15) is 13.8 Å². The number of hydrogen-bond donors (Lipinski definition) is 0. The van der Waals surface area contributed by atoms with Gasteiger partial charge in [-0.05, 0) is 43.7 Å². The van der Waals surface area contributed by atoms with E-state index in [1.807, 2.05) is 68.4 Å². The number of rotatable bonds is 5. The van der Waals surface area contributed by atoms with Gasteiger partial charge in [-0.3, -0.25) is 4.79 Å². The molecule has 0 N–H and O–H groups in total. The van der Waals surface area contributed by atoms with Gasteiger partial charge in [0.2, 0.25) is 5.43 Å². The second-order valence-electron chi connectivity index (χ2n) is 5.72. The Hall–Kier alpha value is -2.88. The van der Waals surface area contributed by atoms with Crippen molar-refractivity contribution in [3.63, 3.8) is 0 Å². The zero-order chi connectivity index (χ0) is 17.1. The van der Waals surface area contributed by atoms with Crippen LogP contribution in [0.5, 0.6) is 11.5 Å². The van der Waals surface area contributed by atoms with E-state index in [1.54, 1.807) is 7.11 Å². The highest BCUT2D eigenvalue weighted by molar-refractivity contribution is 5.74. The monoisotopic (exact) mass is 321 g/mol. The quantitative estimate of drug-likeness (QED) is 0.721. The molecule has 24 heavy (non-hydrogen) atoms. The van der Waals surface area contributed by atoms with Gasteiger partial charge in [0.1, 0.15) is 5.75 Å². The topological polar surface area (TPSA) is 47.9 Å². The maximum Gasteiger partial charge on any atom is 0.219 e. The fourth-order valence-electron chi connectivity index (χ4n) is 2.49. The molecule has 122 valence electrons. The van der Waals surface area contributed by atoms with Crippen molar-refractivity contribution < 1.29 is 9.47 Å². The molecular weight excluding hydrogens is 302 g/mol. The van der Waals surface area contributed by atoms with Gasteiger partial charge in [0, 0.05) is 0 Å². The third-order valence-corrected chi connectivity index (χ3v) is 3.61. The van der Waals surface area contributed by atoms with E-state index in [9.17, 15) is 4.79 Å². The van der Waals surface area contributed by atoms with E-state index in [0.29, 0.717) is 22.4 Å². The van der Waals surface area contributed by atoms with Crippen LogP contribution in [-0.4, -0.2) is 13.2 Å². The second kappa shape index (κ2) is 6.71. The fourth-order valence-corrected chi connectivity index (χ4v) is 2.49. The van der Waals surface area contributed by atoms with Gasteiger partial charge >= 0.3 is 0 Å². The van der Waals surface area contributed by atoms with E-state index in [2.05, 4.69) is 4.99 Å². The molecule has 0 atom stereocenters. The molecule has 3 aromatic rings. The Morgan fingerprint density at radius 3 is 2.21 bits per heavy atom. The maximum absolute atomic E-state index is 12.6. The lowest BCUT2D eigenvalue weighted by molar-refractivity contribution is 0.237. The Morgan fingerprint density at radius 2 is 1.62 bits per heavy atom. The van der Waals surface area contributed by atoms with Crippen LogP contribution in [0, 0.1) is 0 Å². The van der Waals surface area contributed by atoms with Crippen LogP contribution in [0.2, 0.25) is 0 Å². The highest BCUT2D eigenvalue weighted by Gasteiger charge is 2.23. The summed E-state index contributed by atoms with van der Waals surface area (Å²) in [4.78, 5) is 17.0. The number of benzene rings is 2. The third-order valence-electron chi connectivity index (χ3n) is 3.61. The van der Waals surface area contributed by atoms with Crippen molar-refractivity contribution in [2.45, 2.75) is 20.0 Å². The predicted molar refractivity (Wildman–Crippen MR) is 94.5 cm³/mol.